The Hall–Kier alpha value is -2.42. The molecular formula is C18H23N3O4S. The van der Waals surface area contributed by atoms with Gasteiger partial charge in [0, 0.05) is 18.8 Å². The third-order valence-electron chi connectivity index (χ3n) is 3.84. The number of carbonyl (C=O) groups is 1. The highest BCUT2D eigenvalue weighted by Crippen LogP contribution is 2.23. The molecule has 7 nitrogen and oxygen atoms in total. The Kier molecular flexibility index (Phi) is 6.73. The molecule has 8 heteroatoms. The van der Waals surface area contributed by atoms with Crippen molar-refractivity contribution < 1.29 is 17.9 Å². The number of benzene rings is 2. The molecule has 0 aromatic heterocycles. The summed E-state index contributed by atoms with van der Waals surface area (Å²) in [5.41, 5.74) is 6.53. The van der Waals surface area contributed by atoms with Crippen molar-refractivity contribution in [3.8, 4) is 5.75 Å². The number of ether oxygens (including phenoxy) is 1. The normalized spacial score (nSPS) is 12.4. The minimum atomic E-state index is -3.66. The molecule has 0 fully saturated rings. The number of amides is 1. The zero-order valence-corrected chi connectivity index (χ0v) is 15.5. The van der Waals surface area contributed by atoms with E-state index in [9.17, 15) is 13.2 Å². The molecule has 0 aliphatic heterocycles. The molecule has 0 bridgehead atoms. The molecule has 140 valence electrons. The van der Waals surface area contributed by atoms with E-state index in [1.165, 1.54) is 12.1 Å². The lowest BCUT2D eigenvalue weighted by molar-refractivity contribution is -0.117. The van der Waals surface area contributed by atoms with Crippen LogP contribution in [0, 0.1) is 0 Å². The van der Waals surface area contributed by atoms with Gasteiger partial charge in [-0.05, 0) is 42.8 Å². The molecule has 0 heterocycles. The summed E-state index contributed by atoms with van der Waals surface area (Å²) < 4.78 is 31.9. The smallest absolute Gasteiger partial charge is 0.240 e. The third-order valence-corrected chi connectivity index (χ3v) is 5.29. The number of anilines is 1. The second-order valence-corrected chi connectivity index (χ2v) is 7.47. The van der Waals surface area contributed by atoms with Crippen molar-refractivity contribution >= 4 is 21.6 Å². The van der Waals surface area contributed by atoms with E-state index in [0.717, 1.165) is 5.56 Å². The van der Waals surface area contributed by atoms with Gasteiger partial charge in [-0.25, -0.2) is 13.1 Å². The van der Waals surface area contributed by atoms with Crippen LogP contribution in [0.25, 0.3) is 0 Å². The SMILES string of the molecule is COc1cccc(C(C)C(=O)Nc2cccc(S(=O)(=O)NCCN)c2)c1. The van der Waals surface area contributed by atoms with Crippen molar-refractivity contribution in [3.63, 3.8) is 0 Å². The van der Waals surface area contributed by atoms with Gasteiger partial charge < -0.3 is 15.8 Å². The van der Waals surface area contributed by atoms with Crippen LogP contribution in [0.4, 0.5) is 5.69 Å². The van der Waals surface area contributed by atoms with E-state index >= 15 is 0 Å². The van der Waals surface area contributed by atoms with E-state index in [2.05, 4.69) is 10.0 Å². The predicted molar refractivity (Wildman–Crippen MR) is 101 cm³/mol. The summed E-state index contributed by atoms with van der Waals surface area (Å²) in [6.45, 7) is 2.12. The molecule has 1 unspecified atom stereocenters. The highest BCUT2D eigenvalue weighted by Gasteiger charge is 2.18. The summed E-state index contributed by atoms with van der Waals surface area (Å²) in [5, 5.41) is 2.75. The van der Waals surface area contributed by atoms with Crippen LogP contribution in [0.2, 0.25) is 0 Å². The van der Waals surface area contributed by atoms with Gasteiger partial charge in [0.2, 0.25) is 15.9 Å². The Bertz CT molecular complexity index is 868. The van der Waals surface area contributed by atoms with Crippen molar-refractivity contribution in [2.45, 2.75) is 17.7 Å². The molecule has 0 radical (unpaired) electrons. The number of rotatable bonds is 8. The molecule has 0 saturated heterocycles. The number of nitrogens with one attached hydrogen (secondary N) is 2. The average Bonchev–Trinajstić information content (AvgIpc) is 2.66. The van der Waals surface area contributed by atoms with Crippen LogP contribution in [0.3, 0.4) is 0 Å². The molecule has 0 aliphatic rings. The zero-order valence-electron chi connectivity index (χ0n) is 14.7. The van der Waals surface area contributed by atoms with E-state index in [-0.39, 0.29) is 23.9 Å². The molecule has 2 aromatic rings. The number of hydrogen-bond acceptors (Lipinski definition) is 5. The lowest BCUT2D eigenvalue weighted by atomic mass is 10.00. The van der Waals surface area contributed by atoms with Crippen molar-refractivity contribution in [2.24, 2.45) is 5.73 Å². The Balaban J connectivity index is 2.15. The number of hydrogen-bond donors (Lipinski definition) is 3. The van der Waals surface area contributed by atoms with Gasteiger partial charge in [0.15, 0.2) is 0 Å². The first-order valence-electron chi connectivity index (χ1n) is 8.12. The molecule has 4 N–H and O–H groups in total. The van der Waals surface area contributed by atoms with Gasteiger partial charge in [-0.3, -0.25) is 4.79 Å². The molecular weight excluding hydrogens is 354 g/mol. The highest BCUT2D eigenvalue weighted by molar-refractivity contribution is 7.89. The highest BCUT2D eigenvalue weighted by atomic mass is 32.2. The number of nitrogens with two attached hydrogens (primary N) is 1. The van der Waals surface area contributed by atoms with Crippen molar-refractivity contribution in [1.82, 2.24) is 4.72 Å². The molecule has 0 aliphatic carbocycles. The number of methoxy groups -OCH3 is 1. The van der Waals surface area contributed by atoms with Crippen LogP contribution in [0.15, 0.2) is 53.4 Å². The van der Waals surface area contributed by atoms with E-state index in [1.807, 2.05) is 12.1 Å². The van der Waals surface area contributed by atoms with Gasteiger partial charge in [-0.2, -0.15) is 0 Å². The van der Waals surface area contributed by atoms with Gasteiger partial charge in [-0.15, -0.1) is 0 Å². The molecule has 26 heavy (non-hydrogen) atoms. The van der Waals surface area contributed by atoms with Crippen LogP contribution in [-0.2, 0) is 14.8 Å². The molecule has 2 aromatic carbocycles. The molecule has 1 atom stereocenters. The minimum Gasteiger partial charge on any atom is -0.497 e. The first-order chi connectivity index (χ1) is 12.4. The van der Waals surface area contributed by atoms with Crippen molar-refractivity contribution in [1.29, 1.82) is 0 Å². The standard InChI is InChI=1S/C18H23N3O4S/c1-13(14-5-3-7-16(11-14)25-2)18(22)21-15-6-4-8-17(12-15)26(23,24)20-10-9-19/h3-8,11-13,20H,9-10,19H2,1-2H3,(H,21,22). The second kappa shape index (κ2) is 8.79. The van der Waals surface area contributed by atoms with Gasteiger partial charge in [-0.1, -0.05) is 18.2 Å². The summed E-state index contributed by atoms with van der Waals surface area (Å²) in [6.07, 6.45) is 0. The summed E-state index contributed by atoms with van der Waals surface area (Å²) in [7, 11) is -2.10. The van der Waals surface area contributed by atoms with Gasteiger partial charge in [0.1, 0.15) is 5.75 Å². The van der Waals surface area contributed by atoms with Gasteiger partial charge in [0.05, 0.1) is 17.9 Å². The van der Waals surface area contributed by atoms with E-state index in [0.29, 0.717) is 11.4 Å². The fourth-order valence-electron chi connectivity index (χ4n) is 2.33. The van der Waals surface area contributed by atoms with Crippen molar-refractivity contribution in [2.75, 3.05) is 25.5 Å². The van der Waals surface area contributed by atoms with E-state index < -0.39 is 15.9 Å². The maximum absolute atomic E-state index is 12.5. The zero-order chi connectivity index (χ0) is 19.2. The first-order valence-corrected chi connectivity index (χ1v) is 9.60. The fourth-order valence-corrected chi connectivity index (χ4v) is 3.42. The average molecular weight is 377 g/mol. The van der Waals surface area contributed by atoms with Gasteiger partial charge in [0.25, 0.3) is 0 Å². The monoisotopic (exact) mass is 377 g/mol. The largest absolute Gasteiger partial charge is 0.497 e. The van der Waals surface area contributed by atoms with Crippen LogP contribution in [-0.4, -0.2) is 34.5 Å². The molecule has 0 saturated carbocycles. The van der Waals surface area contributed by atoms with Crippen LogP contribution < -0.4 is 20.5 Å². The Labute approximate surface area is 153 Å². The maximum Gasteiger partial charge on any atom is 0.240 e. The summed E-state index contributed by atoms with van der Waals surface area (Å²) in [5.74, 6) is -0.00957. The predicted octanol–water partition coefficient (Wildman–Crippen LogP) is 1.67. The minimum absolute atomic E-state index is 0.0674. The molecule has 0 spiro atoms. The van der Waals surface area contributed by atoms with Crippen molar-refractivity contribution in [3.05, 3.63) is 54.1 Å². The topological polar surface area (TPSA) is 111 Å². The molecule has 2 rings (SSSR count). The Morgan fingerprint density at radius 1 is 1.19 bits per heavy atom. The number of carbonyl (C=O) groups excluding carboxylic acids is 1. The Morgan fingerprint density at radius 3 is 2.62 bits per heavy atom. The Morgan fingerprint density at radius 2 is 1.92 bits per heavy atom. The lowest BCUT2D eigenvalue weighted by Gasteiger charge is -2.14. The van der Waals surface area contributed by atoms with Crippen LogP contribution in [0.5, 0.6) is 5.75 Å². The molecule has 1 amide bonds. The lowest BCUT2D eigenvalue weighted by Crippen LogP contribution is -2.29. The summed E-state index contributed by atoms with van der Waals surface area (Å²) >= 11 is 0. The second-order valence-electron chi connectivity index (χ2n) is 5.70. The fraction of sp³-hybridized carbons (Fsp3) is 0.278. The summed E-state index contributed by atoms with van der Waals surface area (Å²) in [6, 6.07) is 13.3. The third kappa shape index (κ3) is 5.04. The van der Waals surface area contributed by atoms with E-state index in [1.54, 1.807) is 38.3 Å². The first kappa shape index (κ1) is 19.9. The number of sulfonamides is 1. The van der Waals surface area contributed by atoms with Crippen LogP contribution >= 0.6 is 0 Å². The van der Waals surface area contributed by atoms with E-state index in [4.69, 9.17) is 10.5 Å². The van der Waals surface area contributed by atoms with Crippen LogP contribution in [0.1, 0.15) is 18.4 Å². The quantitative estimate of drug-likeness (QED) is 0.648. The summed E-state index contributed by atoms with van der Waals surface area (Å²) in [4.78, 5) is 12.6. The van der Waals surface area contributed by atoms with Gasteiger partial charge >= 0.3 is 0 Å². The maximum atomic E-state index is 12.5.